The average Bonchev–Trinajstić information content (AvgIpc) is 3.29. The van der Waals surface area contributed by atoms with Gasteiger partial charge in [0.2, 0.25) is 5.91 Å². The normalized spacial score (nSPS) is 20.5. The maximum absolute atomic E-state index is 12.6. The lowest BCUT2D eigenvalue weighted by atomic mass is 10.1. The zero-order valence-corrected chi connectivity index (χ0v) is 19.0. The first-order valence-electron chi connectivity index (χ1n) is 11.5. The van der Waals surface area contributed by atoms with Crippen LogP contribution in [-0.4, -0.2) is 83.7 Å². The van der Waals surface area contributed by atoms with E-state index in [4.69, 9.17) is 0 Å². The van der Waals surface area contributed by atoms with Crippen LogP contribution < -0.4 is 10.2 Å². The lowest BCUT2D eigenvalue weighted by molar-refractivity contribution is -0.119. The van der Waals surface area contributed by atoms with Crippen LogP contribution in [0.25, 0.3) is 0 Å². The fourth-order valence-electron chi connectivity index (χ4n) is 4.53. The summed E-state index contributed by atoms with van der Waals surface area (Å²) in [6, 6.07) is 14.2. The number of carbonyl (C=O) groups is 2. The zero-order chi connectivity index (χ0) is 23.4. The fourth-order valence-corrected chi connectivity index (χ4v) is 4.53. The molecule has 0 aromatic heterocycles. The number of aromatic hydroxyl groups is 1. The molecule has 4 rings (SSSR count). The van der Waals surface area contributed by atoms with Gasteiger partial charge in [-0.2, -0.15) is 0 Å². The van der Waals surface area contributed by atoms with Gasteiger partial charge < -0.3 is 20.4 Å². The standard InChI is InChI=1S/C25H32N4O4/c1-18(30)19-2-6-22(7-3-19)28-12-14-29(15-13-28)24(32)17-27-11-10-20(16-27)25(33)26-21-4-8-23(31)9-5-21/h2-9,20,24,31-32H,10-17H2,1H3,(H,26,33). The van der Waals surface area contributed by atoms with Crippen LogP contribution in [0.2, 0.25) is 0 Å². The average molecular weight is 453 g/mol. The number of amides is 1. The number of ketones is 1. The second kappa shape index (κ2) is 10.3. The maximum Gasteiger partial charge on any atom is 0.228 e. The number of carbonyl (C=O) groups excluding carboxylic acids is 2. The van der Waals surface area contributed by atoms with E-state index in [1.807, 2.05) is 24.3 Å². The van der Waals surface area contributed by atoms with E-state index in [0.29, 0.717) is 24.3 Å². The molecule has 176 valence electrons. The molecule has 2 aromatic carbocycles. The third-order valence-electron chi connectivity index (χ3n) is 6.57. The number of hydrogen-bond acceptors (Lipinski definition) is 7. The highest BCUT2D eigenvalue weighted by Crippen LogP contribution is 2.22. The topological polar surface area (TPSA) is 96.4 Å². The summed E-state index contributed by atoms with van der Waals surface area (Å²) in [5, 5.41) is 23.1. The minimum Gasteiger partial charge on any atom is -0.508 e. The number of rotatable bonds is 7. The molecule has 2 fully saturated rings. The van der Waals surface area contributed by atoms with Gasteiger partial charge in [0.25, 0.3) is 0 Å². The smallest absolute Gasteiger partial charge is 0.228 e. The minimum absolute atomic E-state index is 0.0258. The van der Waals surface area contributed by atoms with Crippen molar-refractivity contribution in [3.05, 3.63) is 54.1 Å². The van der Waals surface area contributed by atoms with Crippen LogP contribution in [0, 0.1) is 5.92 Å². The SMILES string of the molecule is CC(=O)c1ccc(N2CCN(C(O)CN3CCC(C(=O)Nc4ccc(O)cc4)C3)CC2)cc1. The van der Waals surface area contributed by atoms with Crippen LogP contribution in [0.5, 0.6) is 5.75 Å². The second-order valence-electron chi connectivity index (χ2n) is 8.89. The number of Topliss-reactive ketones (excluding diaryl/α,β-unsaturated/α-hetero) is 1. The van der Waals surface area contributed by atoms with Crippen molar-refractivity contribution in [2.45, 2.75) is 19.6 Å². The molecule has 2 aromatic rings. The van der Waals surface area contributed by atoms with E-state index in [1.54, 1.807) is 31.2 Å². The largest absolute Gasteiger partial charge is 0.508 e. The molecule has 1 amide bonds. The van der Waals surface area contributed by atoms with Gasteiger partial charge in [0.15, 0.2) is 5.78 Å². The van der Waals surface area contributed by atoms with Crippen LogP contribution in [0.4, 0.5) is 11.4 Å². The van der Waals surface area contributed by atoms with Crippen molar-refractivity contribution in [1.82, 2.24) is 9.80 Å². The number of nitrogens with one attached hydrogen (secondary N) is 1. The summed E-state index contributed by atoms with van der Waals surface area (Å²) in [7, 11) is 0. The van der Waals surface area contributed by atoms with Crippen LogP contribution in [0.3, 0.4) is 0 Å². The van der Waals surface area contributed by atoms with E-state index in [1.165, 1.54) is 0 Å². The van der Waals surface area contributed by atoms with Gasteiger partial charge in [0.05, 0.1) is 5.92 Å². The molecule has 2 aliphatic heterocycles. The Labute approximate surface area is 194 Å². The van der Waals surface area contributed by atoms with E-state index < -0.39 is 6.23 Å². The van der Waals surface area contributed by atoms with Gasteiger partial charge in [-0.3, -0.25) is 19.4 Å². The molecule has 0 aliphatic carbocycles. The van der Waals surface area contributed by atoms with Crippen molar-refractivity contribution >= 4 is 23.1 Å². The molecule has 2 heterocycles. The number of piperazine rings is 1. The Hall–Kier alpha value is -2.94. The van der Waals surface area contributed by atoms with E-state index in [2.05, 4.69) is 20.0 Å². The summed E-state index contributed by atoms with van der Waals surface area (Å²) in [5.41, 5.74) is 2.48. The summed E-state index contributed by atoms with van der Waals surface area (Å²) < 4.78 is 0. The Kier molecular flexibility index (Phi) is 7.27. The molecule has 2 unspecified atom stereocenters. The quantitative estimate of drug-likeness (QED) is 0.437. The minimum atomic E-state index is -0.564. The molecule has 0 radical (unpaired) electrons. The highest BCUT2D eigenvalue weighted by molar-refractivity contribution is 5.94. The van der Waals surface area contributed by atoms with E-state index in [0.717, 1.165) is 44.8 Å². The Morgan fingerprint density at radius 2 is 1.67 bits per heavy atom. The Balaban J connectivity index is 1.21. The maximum atomic E-state index is 12.6. The van der Waals surface area contributed by atoms with Gasteiger partial charge in [0.1, 0.15) is 12.0 Å². The lowest BCUT2D eigenvalue weighted by Crippen LogP contribution is -2.53. The van der Waals surface area contributed by atoms with Crippen molar-refractivity contribution in [2.24, 2.45) is 5.92 Å². The van der Waals surface area contributed by atoms with Crippen LogP contribution in [-0.2, 0) is 4.79 Å². The van der Waals surface area contributed by atoms with Crippen LogP contribution >= 0.6 is 0 Å². The number of hydrogen-bond donors (Lipinski definition) is 3. The summed E-state index contributed by atoms with van der Waals surface area (Å²) in [4.78, 5) is 30.5. The molecule has 2 atom stereocenters. The molecular weight excluding hydrogens is 420 g/mol. The second-order valence-corrected chi connectivity index (χ2v) is 8.89. The summed E-state index contributed by atoms with van der Waals surface area (Å²) in [5.74, 6) is 0.0973. The Morgan fingerprint density at radius 3 is 2.30 bits per heavy atom. The third-order valence-corrected chi connectivity index (χ3v) is 6.57. The van der Waals surface area contributed by atoms with Gasteiger partial charge in [-0.05, 0) is 68.4 Å². The Morgan fingerprint density at radius 1 is 1.00 bits per heavy atom. The third kappa shape index (κ3) is 5.90. The van der Waals surface area contributed by atoms with Crippen LogP contribution in [0.15, 0.2) is 48.5 Å². The van der Waals surface area contributed by atoms with Gasteiger partial charge in [-0.1, -0.05) is 0 Å². The lowest BCUT2D eigenvalue weighted by Gasteiger charge is -2.39. The number of anilines is 2. The predicted molar refractivity (Wildman–Crippen MR) is 128 cm³/mol. The first-order chi connectivity index (χ1) is 15.9. The summed E-state index contributed by atoms with van der Waals surface area (Å²) in [6.07, 6.45) is 0.201. The number of nitrogens with zero attached hydrogens (tertiary/aromatic N) is 3. The molecular formula is C25H32N4O4. The number of phenolic OH excluding ortho intramolecular Hbond substituents is 1. The van der Waals surface area contributed by atoms with Gasteiger partial charge in [-0.15, -0.1) is 0 Å². The number of β-amino-alcohol motifs (C(OH)–C–C–N with tert-alkyl or cyclic N) is 1. The van der Waals surface area contributed by atoms with Gasteiger partial charge >= 0.3 is 0 Å². The summed E-state index contributed by atoms with van der Waals surface area (Å²) >= 11 is 0. The highest BCUT2D eigenvalue weighted by Gasteiger charge is 2.31. The molecule has 0 spiro atoms. The molecule has 8 heteroatoms. The fraction of sp³-hybridized carbons (Fsp3) is 0.440. The van der Waals surface area contributed by atoms with Crippen molar-refractivity contribution in [2.75, 3.05) is 56.0 Å². The van der Waals surface area contributed by atoms with Crippen molar-refractivity contribution in [3.8, 4) is 5.75 Å². The van der Waals surface area contributed by atoms with Crippen molar-refractivity contribution in [1.29, 1.82) is 0 Å². The molecule has 33 heavy (non-hydrogen) atoms. The van der Waals surface area contributed by atoms with Crippen LogP contribution in [0.1, 0.15) is 23.7 Å². The molecule has 0 saturated carbocycles. The predicted octanol–water partition coefficient (Wildman–Crippen LogP) is 2.00. The zero-order valence-electron chi connectivity index (χ0n) is 19.0. The van der Waals surface area contributed by atoms with Crippen molar-refractivity contribution < 1.29 is 19.8 Å². The highest BCUT2D eigenvalue weighted by atomic mass is 16.3. The Bertz CT molecular complexity index is 955. The molecule has 3 N–H and O–H groups in total. The van der Waals surface area contributed by atoms with Crippen molar-refractivity contribution in [3.63, 3.8) is 0 Å². The number of benzene rings is 2. The molecule has 2 saturated heterocycles. The first-order valence-corrected chi connectivity index (χ1v) is 11.5. The van der Waals surface area contributed by atoms with Gasteiger partial charge in [-0.25, -0.2) is 0 Å². The van der Waals surface area contributed by atoms with E-state index in [-0.39, 0.29) is 23.4 Å². The number of phenols is 1. The van der Waals surface area contributed by atoms with E-state index in [9.17, 15) is 19.8 Å². The first kappa shape index (κ1) is 23.2. The molecule has 8 nitrogen and oxygen atoms in total. The van der Waals surface area contributed by atoms with Gasteiger partial charge in [0, 0.05) is 56.2 Å². The monoisotopic (exact) mass is 452 g/mol. The molecule has 2 aliphatic rings. The summed E-state index contributed by atoms with van der Waals surface area (Å²) in [6.45, 7) is 6.65. The number of aliphatic hydroxyl groups excluding tert-OH is 1. The molecule has 0 bridgehead atoms. The number of likely N-dealkylation sites (tertiary alicyclic amines) is 1. The number of aliphatic hydroxyl groups is 1. The van der Waals surface area contributed by atoms with E-state index >= 15 is 0 Å².